The second kappa shape index (κ2) is 8.60. The first kappa shape index (κ1) is 23.5. The highest BCUT2D eigenvalue weighted by Gasteiger charge is 2.54. The average Bonchev–Trinajstić information content (AvgIpc) is 3.34. The van der Waals surface area contributed by atoms with Crippen LogP contribution < -0.4 is 4.90 Å². The topological polar surface area (TPSA) is 59.7 Å². The first-order valence-electron chi connectivity index (χ1n) is 12.5. The Balaban J connectivity index is 1.74. The summed E-state index contributed by atoms with van der Waals surface area (Å²) in [6, 6.07) is 19.5. The van der Waals surface area contributed by atoms with Crippen molar-refractivity contribution in [1.82, 2.24) is 14.4 Å². The lowest BCUT2D eigenvalue weighted by Crippen LogP contribution is -2.32. The second-order valence-electron chi connectivity index (χ2n) is 9.36. The monoisotopic (exact) mass is 510 g/mol. The molecule has 1 aliphatic rings. The molecule has 2 aromatic carbocycles. The van der Waals surface area contributed by atoms with Crippen molar-refractivity contribution in [3.8, 4) is 0 Å². The summed E-state index contributed by atoms with van der Waals surface area (Å²) in [7, 11) is 0. The molecule has 0 saturated carbocycles. The SMILES string of the molecule is CCN(CC)c1ccc(C2(c3c(C)c(C)n4ccccc34)OC(=O)c3nc4ccccc4nc32)c(Cl)c1. The van der Waals surface area contributed by atoms with Crippen LogP contribution in [0.3, 0.4) is 0 Å². The maximum Gasteiger partial charge on any atom is 0.360 e. The van der Waals surface area contributed by atoms with Crippen LogP contribution in [0.4, 0.5) is 5.69 Å². The number of anilines is 1. The van der Waals surface area contributed by atoms with Crippen LogP contribution in [0.15, 0.2) is 66.9 Å². The minimum Gasteiger partial charge on any atom is -0.438 e. The Bertz CT molecular complexity index is 1710. The molecule has 0 bridgehead atoms. The van der Waals surface area contributed by atoms with Crippen molar-refractivity contribution in [3.05, 3.63) is 106 Å². The summed E-state index contributed by atoms with van der Waals surface area (Å²) in [5.41, 5.74) is 6.18. The fraction of sp³-hybridized carbons (Fsp3) is 0.233. The summed E-state index contributed by atoms with van der Waals surface area (Å²) in [6.07, 6.45) is 2.02. The Morgan fingerprint density at radius 1 is 0.973 bits per heavy atom. The smallest absolute Gasteiger partial charge is 0.360 e. The second-order valence-corrected chi connectivity index (χ2v) is 9.77. The Labute approximate surface area is 220 Å². The molecular weight excluding hydrogens is 484 g/mol. The van der Waals surface area contributed by atoms with Crippen LogP contribution in [0.2, 0.25) is 5.02 Å². The number of ether oxygens (including phenoxy) is 1. The molecule has 6 rings (SSSR count). The Morgan fingerprint density at radius 3 is 2.38 bits per heavy atom. The van der Waals surface area contributed by atoms with Gasteiger partial charge in [0.05, 0.1) is 21.6 Å². The molecule has 3 aromatic heterocycles. The Morgan fingerprint density at radius 2 is 1.68 bits per heavy atom. The lowest BCUT2D eigenvalue weighted by molar-refractivity contribution is 0.0244. The average molecular weight is 511 g/mol. The molecule has 0 saturated heterocycles. The van der Waals surface area contributed by atoms with Gasteiger partial charge in [0.2, 0.25) is 5.60 Å². The molecule has 0 fully saturated rings. The van der Waals surface area contributed by atoms with Crippen molar-refractivity contribution in [2.24, 2.45) is 0 Å². The summed E-state index contributed by atoms with van der Waals surface area (Å²) in [4.78, 5) is 25.5. The van der Waals surface area contributed by atoms with Crippen LogP contribution in [-0.4, -0.2) is 33.4 Å². The van der Waals surface area contributed by atoms with E-state index in [0.29, 0.717) is 27.3 Å². The Hall–Kier alpha value is -3.90. The lowest BCUT2D eigenvalue weighted by atomic mass is 9.81. The Kier molecular flexibility index (Phi) is 5.46. The van der Waals surface area contributed by atoms with Crippen LogP contribution in [0.1, 0.15) is 52.4 Å². The number of rotatable bonds is 5. The number of esters is 1. The van der Waals surface area contributed by atoms with Gasteiger partial charge in [-0.25, -0.2) is 14.8 Å². The molecule has 4 heterocycles. The third-order valence-corrected chi connectivity index (χ3v) is 7.86. The number of fused-ring (bicyclic) bond motifs is 3. The quantitative estimate of drug-likeness (QED) is 0.254. The lowest BCUT2D eigenvalue weighted by Gasteiger charge is -2.31. The van der Waals surface area contributed by atoms with Crippen molar-refractivity contribution < 1.29 is 9.53 Å². The standard InChI is InChI=1S/C30H27ClN4O2/c1-5-34(6-2)20-14-15-21(22(31)17-20)30(26-18(3)19(4)35-16-10-9-13-25(26)35)28-27(29(36)37-30)32-23-11-7-8-12-24(23)33-28/h7-17H,5-6H2,1-4H3. The van der Waals surface area contributed by atoms with Crippen molar-refractivity contribution in [2.45, 2.75) is 33.3 Å². The normalized spacial score (nSPS) is 16.8. The predicted molar refractivity (Wildman–Crippen MR) is 147 cm³/mol. The highest BCUT2D eigenvalue weighted by Crippen LogP contribution is 2.51. The van der Waals surface area contributed by atoms with Gasteiger partial charge in [-0.2, -0.15) is 0 Å². The summed E-state index contributed by atoms with van der Waals surface area (Å²) in [5, 5.41) is 0.507. The first-order chi connectivity index (χ1) is 17.9. The minimum atomic E-state index is -1.35. The van der Waals surface area contributed by atoms with E-state index in [1.807, 2.05) is 66.9 Å². The van der Waals surface area contributed by atoms with Crippen molar-refractivity contribution in [1.29, 1.82) is 0 Å². The molecule has 5 aromatic rings. The van der Waals surface area contributed by atoms with Gasteiger partial charge in [0.25, 0.3) is 0 Å². The fourth-order valence-corrected chi connectivity index (χ4v) is 5.93. The number of hydrogen-bond donors (Lipinski definition) is 0. The van der Waals surface area contributed by atoms with Gasteiger partial charge in [0.1, 0.15) is 5.69 Å². The zero-order valence-electron chi connectivity index (χ0n) is 21.2. The minimum absolute atomic E-state index is 0.218. The van der Waals surface area contributed by atoms with Crippen LogP contribution in [0, 0.1) is 13.8 Å². The first-order valence-corrected chi connectivity index (χ1v) is 12.9. The fourth-order valence-electron chi connectivity index (χ4n) is 5.62. The van der Waals surface area contributed by atoms with E-state index < -0.39 is 11.6 Å². The van der Waals surface area contributed by atoms with Crippen molar-refractivity contribution in [3.63, 3.8) is 0 Å². The van der Waals surface area contributed by atoms with Crippen LogP contribution >= 0.6 is 11.6 Å². The van der Waals surface area contributed by atoms with Gasteiger partial charge in [-0.1, -0.05) is 35.9 Å². The van der Waals surface area contributed by atoms with E-state index >= 15 is 0 Å². The van der Waals surface area contributed by atoms with E-state index in [4.69, 9.17) is 26.3 Å². The van der Waals surface area contributed by atoms with Gasteiger partial charge < -0.3 is 14.0 Å². The number of pyridine rings is 1. The number of para-hydroxylation sites is 2. The van der Waals surface area contributed by atoms with Gasteiger partial charge in [-0.3, -0.25) is 0 Å². The van der Waals surface area contributed by atoms with E-state index in [9.17, 15) is 4.79 Å². The predicted octanol–water partition coefficient (Wildman–Crippen LogP) is 6.46. The van der Waals surface area contributed by atoms with Gasteiger partial charge in [-0.05, 0) is 69.7 Å². The zero-order valence-corrected chi connectivity index (χ0v) is 22.0. The van der Waals surface area contributed by atoms with Gasteiger partial charge in [-0.15, -0.1) is 0 Å². The molecule has 1 atom stereocenters. The molecule has 0 amide bonds. The van der Waals surface area contributed by atoms with Crippen LogP contribution in [0.5, 0.6) is 0 Å². The highest BCUT2D eigenvalue weighted by atomic mass is 35.5. The number of aryl methyl sites for hydroxylation is 1. The zero-order chi connectivity index (χ0) is 25.9. The molecule has 0 radical (unpaired) electrons. The van der Waals surface area contributed by atoms with E-state index in [1.54, 1.807) is 0 Å². The largest absolute Gasteiger partial charge is 0.438 e. The molecular formula is C30H27ClN4O2. The van der Waals surface area contributed by atoms with E-state index in [0.717, 1.165) is 41.1 Å². The van der Waals surface area contributed by atoms with Crippen molar-refractivity contribution in [2.75, 3.05) is 18.0 Å². The molecule has 1 aliphatic heterocycles. The van der Waals surface area contributed by atoms with Crippen LogP contribution in [0.25, 0.3) is 16.6 Å². The maximum atomic E-state index is 13.5. The highest BCUT2D eigenvalue weighted by molar-refractivity contribution is 6.32. The molecule has 37 heavy (non-hydrogen) atoms. The number of cyclic esters (lactones) is 1. The van der Waals surface area contributed by atoms with Gasteiger partial charge in [0, 0.05) is 41.8 Å². The molecule has 0 N–H and O–H groups in total. The number of halogens is 1. The van der Waals surface area contributed by atoms with Gasteiger partial charge in [0.15, 0.2) is 5.69 Å². The van der Waals surface area contributed by atoms with E-state index in [2.05, 4.69) is 37.0 Å². The van der Waals surface area contributed by atoms with Crippen molar-refractivity contribution >= 4 is 39.8 Å². The number of nitrogens with zero attached hydrogens (tertiary/aromatic N) is 4. The third kappa shape index (κ3) is 3.28. The maximum absolute atomic E-state index is 13.5. The molecule has 1 unspecified atom stereocenters. The summed E-state index contributed by atoms with van der Waals surface area (Å²) in [5.74, 6) is -0.510. The number of hydrogen-bond acceptors (Lipinski definition) is 5. The van der Waals surface area contributed by atoms with E-state index in [1.165, 1.54) is 0 Å². The molecule has 7 heteroatoms. The molecule has 186 valence electrons. The number of carbonyl (C=O) groups is 1. The third-order valence-electron chi connectivity index (χ3n) is 7.55. The number of benzene rings is 2. The van der Waals surface area contributed by atoms with Crippen LogP contribution in [-0.2, 0) is 10.3 Å². The summed E-state index contributed by atoms with van der Waals surface area (Å²) in [6.45, 7) is 10.1. The number of aromatic nitrogens is 3. The summed E-state index contributed by atoms with van der Waals surface area (Å²) >= 11 is 7.08. The van der Waals surface area contributed by atoms with Gasteiger partial charge >= 0.3 is 5.97 Å². The van der Waals surface area contributed by atoms with E-state index in [-0.39, 0.29) is 5.69 Å². The molecule has 6 nitrogen and oxygen atoms in total. The molecule has 0 aliphatic carbocycles. The summed E-state index contributed by atoms with van der Waals surface area (Å²) < 4.78 is 8.54. The number of carbonyl (C=O) groups excluding carboxylic acids is 1. The molecule has 0 spiro atoms.